The number of nitrogens with zero attached hydrogens (tertiary/aromatic N) is 1. The second-order valence-corrected chi connectivity index (χ2v) is 5.11. The van der Waals surface area contributed by atoms with Gasteiger partial charge in [-0.1, -0.05) is 24.3 Å². The van der Waals surface area contributed by atoms with Crippen LogP contribution < -0.4 is 4.90 Å². The van der Waals surface area contributed by atoms with Crippen molar-refractivity contribution >= 4 is 38.9 Å². The molecule has 96 valence electrons. The first-order chi connectivity index (χ1) is 9.65. The van der Waals surface area contributed by atoms with Gasteiger partial charge in [-0.25, -0.2) is 0 Å². The number of likely N-dealkylation sites (N-methyl/N-ethyl adjacent to an activating group) is 1. The van der Waals surface area contributed by atoms with E-state index in [1.54, 1.807) is 7.05 Å². The Morgan fingerprint density at radius 2 is 1.40 bits per heavy atom. The van der Waals surface area contributed by atoms with Crippen LogP contribution in [0.25, 0.3) is 21.5 Å². The lowest BCUT2D eigenvalue weighted by atomic mass is 10.00. The summed E-state index contributed by atoms with van der Waals surface area (Å²) in [5, 5.41) is 4.30. The molecule has 0 saturated heterocycles. The van der Waals surface area contributed by atoms with Crippen molar-refractivity contribution in [3.8, 4) is 0 Å². The van der Waals surface area contributed by atoms with Crippen LogP contribution in [0.1, 0.15) is 10.4 Å². The Bertz CT molecular complexity index is 911. The van der Waals surface area contributed by atoms with E-state index in [0.29, 0.717) is 11.3 Å². The fourth-order valence-corrected chi connectivity index (χ4v) is 2.82. The monoisotopic (exact) mass is 261 g/mol. The summed E-state index contributed by atoms with van der Waals surface area (Å²) in [4.78, 5) is 25.1. The largest absolute Gasteiger partial charge is 0.308 e. The summed E-state index contributed by atoms with van der Waals surface area (Å²) in [6.45, 7) is 0. The van der Waals surface area contributed by atoms with Crippen molar-refractivity contribution in [2.75, 3.05) is 11.9 Å². The number of amides is 1. The summed E-state index contributed by atoms with van der Waals surface area (Å²) in [5.74, 6) is -0.877. The van der Waals surface area contributed by atoms with E-state index in [1.165, 1.54) is 4.90 Å². The van der Waals surface area contributed by atoms with E-state index in [4.69, 9.17) is 0 Å². The van der Waals surface area contributed by atoms with Crippen LogP contribution >= 0.6 is 0 Å². The molecule has 0 N–H and O–H groups in total. The molecule has 0 bridgehead atoms. The minimum atomic E-state index is -0.458. The summed E-state index contributed by atoms with van der Waals surface area (Å²) < 4.78 is 0. The summed E-state index contributed by atoms with van der Waals surface area (Å²) in [5.41, 5.74) is 1.20. The predicted octanol–water partition coefficient (Wildman–Crippen LogP) is 3.15. The smallest absolute Gasteiger partial charge is 0.299 e. The Kier molecular flexibility index (Phi) is 2.05. The van der Waals surface area contributed by atoms with Crippen molar-refractivity contribution in [2.24, 2.45) is 0 Å². The first-order valence-electron chi connectivity index (χ1n) is 6.44. The Hall–Kier alpha value is -2.68. The van der Waals surface area contributed by atoms with Gasteiger partial charge in [0.05, 0.1) is 11.3 Å². The molecule has 0 spiro atoms. The highest BCUT2D eigenvalue weighted by Crippen LogP contribution is 2.33. The fourth-order valence-electron chi connectivity index (χ4n) is 2.82. The first-order valence-corrected chi connectivity index (χ1v) is 6.44. The zero-order valence-electron chi connectivity index (χ0n) is 10.9. The quantitative estimate of drug-likeness (QED) is 0.460. The number of rotatable bonds is 0. The average Bonchev–Trinajstić information content (AvgIpc) is 2.68. The average molecular weight is 261 g/mol. The highest BCUT2D eigenvalue weighted by atomic mass is 16.2. The van der Waals surface area contributed by atoms with Crippen LogP contribution in [0.2, 0.25) is 0 Å². The first kappa shape index (κ1) is 11.2. The summed E-state index contributed by atoms with van der Waals surface area (Å²) in [6, 6.07) is 16.0. The van der Waals surface area contributed by atoms with Gasteiger partial charge in [0.2, 0.25) is 0 Å². The Labute approximate surface area is 115 Å². The van der Waals surface area contributed by atoms with E-state index >= 15 is 0 Å². The van der Waals surface area contributed by atoms with Crippen LogP contribution in [0.15, 0.2) is 48.5 Å². The Balaban J connectivity index is 2.10. The molecule has 1 heterocycles. The number of Topliss-reactive ketones (excluding diaryl/α,β-unsaturated/α-hetero) is 1. The number of ketones is 1. The number of carbonyl (C=O) groups is 2. The van der Waals surface area contributed by atoms with Crippen LogP contribution in [0.4, 0.5) is 5.69 Å². The van der Waals surface area contributed by atoms with Crippen molar-refractivity contribution in [3.05, 3.63) is 54.1 Å². The summed E-state index contributed by atoms with van der Waals surface area (Å²) >= 11 is 0. The number of hydrogen-bond acceptors (Lipinski definition) is 2. The summed E-state index contributed by atoms with van der Waals surface area (Å²) in [6.07, 6.45) is 0. The van der Waals surface area contributed by atoms with Gasteiger partial charge in [0.25, 0.3) is 11.7 Å². The molecule has 3 nitrogen and oxygen atoms in total. The SMILES string of the molecule is CN1C(=O)C(=O)c2cc3cc4ccccc4cc3cc21. The summed E-state index contributed by atoms with van der Waals surface area (Å²) in [7, 11) is 1.64. The van der Waals surface area contributed by atoms with Gasteiger partial charge in [-0.2, -0.15) is 0 Å². The van der Waals surface area contributed by atoms with Crippen LogP contribution in [0.3, 0.4) is 0 Å². The molecule has 1 aliphatic heterocycles. The van der Waals surface area contributed by atoms with Crippen LogP contribution in [-0.4, -0.2) is 18.7 Å². The number of anilines is 1. The van der Waals surface area contributed by atoms with Crippen molar-refractivity contribution in [3.63, 3.8) is 0 Å². The third-order valence-corrected chi connectivity index (χ3v) is 3.92. The minimum absolute atomic E-state index is 0.419. The van der Waals surface area contributed by atoms with E-state index in [2.05, 4.69) is 18.2 Å². The van der Waals surface area contributed by atoms with E-state index < -0.39 is 11.7 Å². The van der Waals surface area contributed by atoms with Gasteiger partial charge in [-0.05, 0) is 45.8 Å². The predicted molar refractivity (Wildman–Crippen MR) is 79.2 cm³/mol. The van der Waals surface area contributed by atoms with Gasteiger partial charge in [-0.3, -0.25) is 9.59 Å². The molecule has 0 saturated carbocycles. The molecule has 4 rings (SSSR count). The molecule has 3 heteroatoms. The van der Waals surface area contributed by atoms with E-state index in [9.17, 15) is 9.59 Å². The topological polar surface area (TPSA) is 37.4 Å². The fraction of sp³-hybridized carbons (Fsp3) is 0.0588. The molecule has 1 aliphatic rings. The van der Waals surface area contributed by atoms with E-state index in [1.807, 2.05) is 30.3 Å². The van der Waals surface area contributed by atoms with E-state index in [-0.39, 0.29) is 0 Å². The van der Waals surface area contributed by atoms with Crippen molar-refractivity contribution in [1.29, 1.82) is 0 Å². The molecule has 0 fully saturated rings. The van der Waals surface area contributed by atoms with Gasteiger partial charge in [0, 0.05) is 7.05 Å². The zero-order chi connectivity index (χ0) is 13.9. The molecule has 0 unspecified atom stereocenters. The maximum Gasteiger partial charge on any atom is 0.299 e. The molecule has 0 aliphatic carbocycles. The Morgan fingerprint density at radius 3 is 2.05 bits per heavy atom. The van der Waals surface area contributed by atoms with Crippen molar-refractivity contribution in [2.45, 2.75) is 0 Å². The molecule has 20 heavy (non-hydrogen) atoms. The molecule has 0 atom stereocenters. The lowest BCUT2D eigenvalue weighted by molar-refractivity contribution is -0.114. The number of benzene rings is 3. The van der Waals surface area contributed by atoms with Crippen molar-refractivity contribution in [1.82, 2.24) is 0 Å². The van der Waals surface area contributed by atoms with E-state index in [0.717, 1.165) is 21.5 Å². The Morgan fingerprint density at radius 1 is 0.800 bits per heavy atom. The standard InChI is InChI=1S/C17H11NO2/c1-18-15-9-13-7-11-5-3-2-4-10(11)6-12(13)8-14(15)16(19)17(18)20/h2-9H,1H3. The molecule has 0 aromatic heterocycles. The zero-order valence-corrected chi connectivity index (χ0v) is 10.9. The van der Waals surface area contributed by atoms with Gasteiger partial charge < -0.3 is 4.90 Å². The molecule has 3 aromatic rings. The second-order valence-electron chi connectivity index (χ2n) is 5.11. The third kappa shape index (κ3) is 1.35. The molecular formula is C17H11NO2. The molecule has 0 radical (unpaired) electrons. The lowest BCUT2D eigenvalue weighted by Crippen LogP contribution is -2.24. The van der Waals surface area contributed by atoms with Crippen LogP contribution in [-0.2, 0) is 4.79 Å². The second kappa shape index (κ2) is 3.67. The number of carbonyl (C=O) groups excluding carboxylic acids is 2. The minimum Gasteiger partial charge on any atom is -0.308 e. The highest BCUT2D eigenvalue weighted by molar-refractivity contribution is 6.52. The molecule has 3 aromatic carbocycles. The maximum atomic E-state index is 11.9. The van der Waals surface area contributed by atoms with Crippen LogP contribution in [0, 0.1) is 0 Å². The normalized spacial score (nSPS) is 14.3. The lowest BCUT2D eigenvalue weighted by Gasteiger charge is -2.10. The molecule has 1 amide bonds. The highest BCUT2D eigenvalue weighted by Gasteiger charge is 2.33. The number of hydrogen-bond donors (Lipinski definition) is 0. The van der Waals surface area contributed by atoms with Gasteiger partial charge in [0.1, 0.15) is 0 Å². The third-order valence-electron chi connectivity index (χ3n) is 3.92. The van der Waals surface area contributed by atoms with Gasteiger partial charge in [-0.15, -0.1) is 0 Å². The van der Waals surface area contributed by atoms with Gasteiger partial charge >= 0.3 is 0 Å². The number of fused-ring (bicyclic) bond motifs is 3. The van der Waals surface area contributed by atoms with Gasteiger partial charge in [0.15, 0.2) is 0 Å². The van der Waals surface area contributed by atoms with Crippen LogP contribution in [0.5, 0.6) is 0 Å². The maximum absolute atomic E-state index is 11.9. The molecular weight excluding hydrogens is 250 g/mol. The van der Waals surface area contributed by atoms with Crippen molar-refractivity contribution < 1.29 is 9.59 Å².